The average Bonchev–Trinajstić information content (AvgIpc) is 3.53. The van der Waals surface area contributed by atoms with Crippen molar-refractivity contribution in [2.45, 2.75) is 13.1 Å². The Labute approximate surface area is 176 Å². The largest absolute Gasteiger partial charge is 0.433 e. The van der Waals surface area contributed by atoms with E-state index in [0.717, 1.165) is 32.9 Å². The maximum atomic E-state index is 13.3. The van der Waals surface area contributed by atoms with Crippen LogP contribution in [0.1, 0.15) is 21.7 Å². The first-order valence-corrected chi connectivity index (χ1v) is 9.73. The Morgan fingerprint density at radius 3 is 1.97 bits per heavy atom. The van der Waals surface area contributed by atoms with E-state index >= 15 is 0 Å². The predicted octanol–water partition coefficient (Wildman–Crippen LogP) is 4.99. The first kappa shape index (κ1) is 18.7. The van der Waals surface area contributed by atoms with E-state index < -0.39 is 16.7 Å². The molecule has 0 radical (unpaired) electrons. The van der Waals surface area contributed by atoms with Gasteiger partial charge in [-0.15, -0.1) is 0 Å². The lowest BCUT2D eigenvalue weighted by Crippen LogP contribution is -2.30. The molecule has 0 spiro atoms. The molecule has 2 aromatic carbocycles. The summed E-state index contributed by atoms with van der Waals surface area (Å²) in [6.07, 6.45) is 3.72. The Hall–Kier alpha value is -4.33. The molecule has 5 aromatic rings. The highest BCUT2D eigenvalue weighted by Crippen LogP contribution is 2.25. The Morgan fingerprint density at radius 2 is 1.45 bits per heavy atom. The number of nitrogens with one attached hydrogen (secondary N) is 2. The van der Waals surface area contributed by atoms with Crippen molar-refractivity contribution >= 4 is 33.6 Å². The van der Waals surface area contributed by atoms with Gasteiger partial charge in [0.25, 0.3) is 5.91 Å². The van der Waals surface area contributed by atoms with Crippen molar-refractivity contribution in [1.29, 1.82) is 0 Å². The summed E-state index contributed by atoms with van der Waals surface area (Å²) < 4.78 is 5.21. The third-order valence-corrected chi connectivity index (χ3v) is 5.36. The van der Waals surface area contributed by atoms with Gasteiger partial charge in [-0.2, -0.15) is 0 Å². The number of rotatable bonds is 6. The second kappa shape index (κ2) is 7.49. The molecule has 0 saturated heterocycles. The zero-order valence-corrected chi connectivity index (χ0v) is 16.4. The highest BCUT2D eigenvalue weighted by Gasteiger charge is 2.24. The van der Waals surface area contributed by atoms with Gasteiger partial charge in [0.1, 0.15) is 4.92 Å². The van der Waals surface area contributed by atoms with Crippen molar-refractivity contribution in [3.05, 3.63) is 100 Å². The van der Waals surface area contributed by atoms with Crippen LogP contribution in [0.2, 0.25) is 0 Å². The smallest absolute Gasteiger partial charge is 0.395 e. The summed E-state index contributed by atoms with van der Waals surface area (Å²) in [5.74, 6) is -0.925. The summed E-state index contributed by atoms with van der Waals surface area (Å²) in [7, 11) is 0. The van der Waals surface area contributed by atoms with Crippen LogP contribution in [0.25, 0.3) is 21.8 Å². The lowest BCUT2D eigenvalue weighted by molar-refractivity contribution is -0.402. The average molecular weight is 414 g/mol. The molecule has 2 N–H and O–H groups in total. The number of aromatic amines is 2. The molecule has 0 unspecified atom stereocenters. The van der Waals surface area contributed by atoms with Gasteiger partial charge in [-0.25, -0.2) is 0 Å². The third-order valence-electron chi connectivity index (χ3n) is 5.36. The summed E-state index contributed by atoms with van der Waals surface area (Å²) in [4.78, 5) is 31.7. The van der Waals surface area contributed by atoms with Crippen LogP contribution in [-0.2, 0) is 13.1 Å². The Bertz CT molecular complexity index is 1340. The maximum absolute atomic E-state index is 13.3. The van der Waals surface area contributed by atoms with Crippen molar-refractivity contribution < 1.29 is 14.1 Å². The van der Waals surface area contributed by atoms with E-state index in [0.29, 0.717) is 13.1 Å². The fourth-order valence-corrected chi connectivity index (χ4v) is 3.88. The van der Waals surface area contributed by atoms with Crippen LogP contribution in [0.4, 0.5) is 5.88 Å². The maximum Gasteiger partial charge on any atom is 0.433 e. The SMILES string of the molecule is O=C(c1ccc([N+](=O)[O-])o1)N(Cc1cccc2[nH]ccc12)Cc1cccc2[nH]ccc12. The molecule has 1 amide bonds. The summed E-state index contributed by atoms with van der Waals surface area (Å²) in [6.45, 7) is 0.646. The van der Waals surface area contributed by atoms with Gasteiger partial charge in [0.05, 0.1) is 6.07 Å². The van der Waals surface area contributed by atoms with Gasteiger partial charge < -0.3 is 19.3 Å². The fourth-order valence-electron chi connectivity index (χ4n) is 3.88. The van der Waals surface area contributed by atoms with Gasteiger partial charge in [0.2, 0.25) is 0 Å². The summed E-state index contributed by atoms with van der Waals surface area (Å²) in [5, 5.41) is 13.0. The van der Waals surface area contributed by atoms with Gasteiger partial charge in [0.15, 0.2) is 5.76 Å². The second-order valence-corrected chi connectivity index (χ2v) is 7.27. The van der Waals surface area contributed by atoms with E-state index in [1.807, 2.05) is 60.9 Å². The highest BCUT2D eigenvalue weighted by molar-refractivity contribution is 5.93. The highest BCUT2D eigenvalue weighted by atomic mass is 16.6. The zero-order chi connectivity index (χ0) is 21.4. The molecule has 0 atom stereocenters. The number of nitrogens with zero attached hydrogens (tertiary/aromatic N) is 2. The standard InChI is InChI=1S/C23H18N4O4/c28-23(21-7-8-22(31-21)27(29)30)26(13-15-3-1-5-19-17(15)9-11-24-19)14-16-4-2-6-20-18(16)10-12-25-20/h1-12,24-25H,13-14H2. The molecule has 0 fully saturated rings. The van der Waals surface area contributed by atoms with E-state index in [2.05, 4.69) is 9.97 Å². The number of fused-ring (bicyclic) bond motifs is 2. The number of hydrogen-bond donors (Lipinski definition) is 2. The van der Waals surface area contributed by atoms with Gasteiger partial charge in [-0.1, -0.05) is 24.3 Å². The number of carbonyl (C=O) groups is 1. The Morgan fingerprint density at radius 1 is 0.871 bits per heavy atom. The number of nitro groups is 1. The molecule has 31 heavy (non-hydrogen) atoms. The van der Waals surface area contributed by atoms with Crippen molar-refractivity contribution in [3.63, 3.8) is 0 Å². The topological polar surface area (TPSA) is 108 Å². The predicted molar refractivity (Wildman–Crippen MR) is 116 cm³/mol. The molecular weight excluding hydrogens is 396 g/mol. The molecule has 154 valence electrons. The molecule has 0 aliphatic heterocycles. The number of hydrogen-bond acceptors (Lipinski definition) is 4. The number of carbonyl (C=O) groups excluding carboxylic acids is 1. The lowest BCUT2D eigenvalue weighted by Gasteiger charge is -2.23. The molecule has 0 bridgehead atoms. The van der Waals surface area contributed by atoms with E-state index in [1.54, 1.807) is 4.90 Å². The van der Waals surface area contributed by atoms with Crippen LogP contribution < -0.4 is 0 Å². The molecule has 8 nitrogen and oxygen atoms in total. The minimum Gasteiger partial charge on any atom is -0.395 e. The normalized spacial score (nSPS) is 11.2. The monoisotopic (exact) mass is 414 g/mol. The van der Waals surface area contributed by atoms with E-state index in [-0.39, 0.29) is 5.76 Å². The van der Waals surface area contributed by atoms with E-state index in [9.17, 15) is 14.9 Å². The van der Waals surface area contributed by atoms with Crippen LogP contribution in [0.3, 0.4) is 0 Å². The van der Waals surface area contributed by atoms with Crippen LogP contribution in [0, 0.1) is 10.1 Å². The van der Waals surface area contributed by atoms with Gasteiger partial charge in [0, 0.05) is 47.3 Å². The lowest BCUT2D eigenvalue weighted by atomic mass is 10.1. The van der Waals surface area contributed by atoms with Crippen molar-refractivity contribution in [2.24, 2.45) is 0 Å². The molecule has 0 aliphatic rings. The number of H-pyrrole nitrogens is 2. The van der Waals surface area contributed by atoms with Gasteiger partial charge in [-0.05, 0) is 41.5 Å². The molecule has 3 aromatic heterocycles. The third kappa shape index (κ3) is 3.44. The molecule has 0 aliphatic carbocycles. The molecular formula is C23H18N4O4. The quantitative estimate of drug-likeness (QED) is 0.301. The Kier molecular flexibility index (Phi) is 4.51. The van der Waals surface area contributed by atoms with Crippen LogP contribution in [-0.4, -0.2) is 25.7 Å². The summed E-state index contributed by atoms with van der Waals surface area (Å²) in [5.41, 5.74) is 3.89. The number of aromatic nitrogens is 2. The molecule has 8 heteroatoms. The number of benzene rings is 2. The van der Waals surface area contributed by atoms with Crippen molar-refractivity contribution in [2.75, 3.05) is 0 Å². The van der Waals surface area contributed by atoms with E-state index in [1.165, 1.54) is 12.1 Å². The minimum atomic E-state index is -0.651. The molecule has 5 rings (SSSR count). The zero-order valence-electron chi connectivity index (χ0n) is 16.4. The number of furan rings is 1. The molecule has 0 saturated carbocycles. The first-order valence-electron chi connectivity index (χ1n) is 9.73. The van der Waals surface area contributed by atoms with Gasteiger partial charge >= 0.3 is 5.88 Å². The van der Waals surface area contributed by atoms with Crippen LogP contribution in [0.15, 0.2) is 77.5 Å². The van der Waals surface area contributed by atoms with Crippen LogP contribution >= 0.6 is 0 Å². The number of amides is 1. The van der Waals surface area contributed by atoms with Crippen molar-refractivity contribution in [3.8, 4) is 0 Å². The van der Waals surface area contributed by atoms with Crippen LogP contribution in [0.5, 0.6) is 0 Å². The fraction of sp³-hybridized carbons (Fsp3) is 0.0870. The summed E-state index contributed by atoms with van der Waals surface area (Å²) >= 11 is 0. The molecule has 3 heterocycles. The van der Waals surface area contributed by atoms with E-state index in [4.69, 9.17) is 4.42 Å². The first-order chi connectivity index (χ1) is 15.1. The minimum absolute atomic E-state index is 0.0609. The summed E-state index contributed by atoms with van der Waals surface area (Å²) in [6, 6.07) is 18.2. The Balaban J connectivity index is 1.54. The second-order valence-electron chi connectivity index (χ2n) is 7.27. The van der Waals surface area contributed by atoms with Gasteiger partial charge in [-0.3, -0.25) is 14.9 Å². The van der Waals surface area contributed by atoms with Crippen molar-refractivity contribution in [1.82, 2.24) is 14.9 Å².